The summed E-state index contributed by atoms with van der Waals surface area (Å²) in [7, 11) is 0. The maximum atomic E-state index is 8.44. The van der Waals surface area contributed by atoms with Crippen LogP contribution in [0.25, 0.3) is 0 Å². The van der Waals surface area contributed by atoms with Gasteiger partial charge in [0.25, 0.3) is 0 Å². The van der Waals surface area contributed by atoms with Gasteiger partial charge in [-0.05, 0) is 6.42 Å². The molecule has 0 rings (SSSR count). The van der Waals surface area contributed by atoms with Gasteiger partial charge in [0.2, 0.25) is 0 Å². The third-order valence-electron chi connectivity index (χ3n) is 2.36. The van der Waals surface area contributed by atoms with E-state index in [4.69, 9.17) is 20.0 Å². The summed E-state index contributed by atoms with van der Waals surface area (Å²) in [6.07, 6.45) is 5.36. The van der Waals surface area contributed by atoms with E-state index in [0.717, 1.165) is 12.8 Å². The Bertz CT molecular complexity index is 243. The van der Waals surface area contributed by atoms with Crippen molar-refractivity contribution in [3.63, 3.8) is 0 Å². The molecule has 0 bridgehead atoms. The van der Waals surface area contributed by atoms with Gasteiger partial charge in [-0.1, -0.05) is 26.2 Å². The van der Waals surface area contributed by atoms with Crippen molar-refractivity contribution in [2.45, 2.75) is 51.6 Å². The zero-order chi connectivity index (χ0) is 12.8. The lowest BCUT2D eigenvalue weighted by Crippen LogP contribution is -2.21. The zero-order valence-corrected chi connectivity index (χ0v) is 10.7. The van der Waals surface area contributed by atoms with Gasteiger partial charge in [0.15, 0.2) is 0 Å². The molecule has 0 spiro atoms. The molecule has 4 nitrogen and oxygen atoms in total. The van der Waals surface area contributed by atoms with E-state index in [-0.39, 0.29) is 6.10 Å². The normalized spacial score (nSPS) is 11.7. The fraction of sp³-hybridized carbons (Fsp3) is 0.846. The predicted octanol–water partition coefficient (Wildman–Crippen LogP) is 2.80. The number of unbranched alkanes of at least 4 members (excludes halogenated alkanes) is 2. The second kappa shape index (κ2) is 13.0. The third kappa shape index (κ3) is 11.2. The molecule has 0 radical (unpaired) electrons. The minimum Gasteiger partial charge on any atom is -0.378 e. The smallest absolute Gasteiger partial charge is 0.0809 e. The Hall–Kier alpha value is -1.10. The summed E-state index contributed by atoms with van der Waals surface area (Å²) in [6.45, 7) is 3.61. The summed E-state index contributed by atoms with van der Waals surface area (Å²) >= 11 is 0. The number of hydrogen-bond acceptors (Lipinski definition) is 4. The molecule has 0 aliphatic heterocycles. The second-order valence-corrected chi connectivity index (χ2v) is 3.88. The van der Waals surface area contributed by atoms with Gasteiger partial charge in [-0.25, -0.2) is 0 Å². The first-order valence-electron chi connectivity index (χ1n) is 6.28. The number of nitrogens with zero attached hydrogens (tertiary/aromatic N) is 2. The summed E-state index contributed by atoms with van der Waals surface area (Å²) in [6, 6.07) is 4.10. The van der Waals surface area contributed by atoms with Gasteiger partial charge < -0.3 is 9.47 Å². The first-order valence-corrected chi connectivity index (χ1v) is 6.28. The van der Waals surface area contributed by atoms with Crippen molar-refractivity contribution in [2.75, 3.05) is 19.8 Å². The third-order valence-corrected chi connectivity index (χ3v) is 2.36. The summed E-state index contributed by atoms with van der Waals surface area (Å²) < 4.78 is 10.9. The van der Waals surface area contributed by atoms with Crippen LogP contribution in [0.5, 0.6) is 0 Å². The monoisotopic (exact) mass is 238 g/mol. The average Bonchev–Trinajstić information content (AvgIpc) is 2.34. The molecule has 1 atom stereocenters. The maximum Gasteiger partial charge on any atom is 0.0809 e. The van der Waals surface area contributed by atoms with Crippen LogP contribution in [0.15, 0.2) is 0 Å². The molecule has 1 unspecified atom stereocenters. The van der Waals surface area contributed by atoms with Crippen molar-refractivity contribution in [1.29, 1.82) is 10.5 Å². The van der Waals surface area contributed by atoms with Gasteiger partial charge in [-0.3, -0.25) is 0 Å². The second-order valence-electron chi connectivity index (χ2n) is 3.88. The highest BCUT2D eigenvalue weighted by Gasteiger charge is 2.08. The highest BCUT2D eigenvalue weighted by molar-refractivity contribution is 4.69. The Labute approximate surface area is 104 Å². The molecular formula is C13H22N2O2. The highest BCUT2D eigenvalue weighted by Crippen LogP contribution is 2.08. The maximum absolute atomic E-state index is 8.44. The summed E-state index contributed by atoms with van der Waals surface area (Å²) in [5.41, 5.74) is 0. The predicted molar refractivity (Wildman–Crippen MR) is 65.2 cm³/mol. The lowest BCUT2D eigenvalue weighted by atomic mass is 10.1. The first-order chi connectivity index (χ1) is 8.35. The number of ether oxygens (including phenoxy) is 2. The molecule has 4 heteroatoms. The van der Waals surface area contributed by atoms with E-state index in [1.165, 1.54) is 12.8 Å². The number of hydrogen-bond donors (Lipinski definition) is 0. The van der Waals surface area contributed by atoms with Crippen LogP contribution >= 0.6 is 0 Å². The zero-order valence-electron chi connectivity index (χ0n) is 10.7. The van der Waals surface area contributed by atoms with Gasteiger partial charge >= 0.3 is 0 Å². The summed E-state index contributed by atoms with van der Waals surface area (Å²) in [5.74, 6) is 0. The van der Waals surface area contributed by atoms with E-state index >= 15 is 0 Å². The van der Waals surface area contributed by atoms with Gasteiger partial charge in [-0.15, -0.1) is 0 Å². The lowest BCUT2D eigenvalue weighted by molar-refractivity contribution is -0.0183. The molecule has 0 heterocycles. The topological polar surface area (TPSA) is 66.0 Å². The van der Waals surface area contributed by atoms with E-state index in [2.05, 4.69) is 13.0 Å². The van der Waals surface area contributed by atoms with Crippen LogP contribution in [-0.4, -0.2) is 25.9 Å². The number of nitriles is 2. The minimum atomic E-state index is 0.0635. The van der Waals surface area contributed by atoms with Crippen LogP contribution in [0.3, 0.4) is 0 Å². The largest absolute Gasteiger partial charge is 0.378 e. The summed E-state index contributed by atoms with van der Waals surface area (Å²) in [5, 5.41) is 16.8. The SMILES string of the molecule is CCCCCC(COCCC#N)OCCC#N. The summed E-state index contributed by atoms with van der Waals surface area (Å²) in [4.78, 5) is 0. The Morgan fingerprint density at radius 3 is 2.41 bits per heavy atom. The van der Waals surface area contributed by atoms with E-state index in [1.54, 1.807) is 0 Å². The molecule has 0 saturated heterocycles. The molecule has 0 fully saturated rings. The molecule has 0 aliphatic carbocycles. The molecule has 0 aromatic rings. The molecule has 0 N–H and O–H groups in total. The van der Waals surface area contributed by atoms with E-state index in [0.29, 0.717) is 32.7 Å². The molecule has 0 amide bonds. The van der Waals surface area contributed by atoms with Crippen LogP contribution in [-0.2, 0) is 9.47 Å². The van der Waals surface area contributed by atoms with Gasteiger partial charge in [0.05, 0.1) is 50.9 Å². The van der Waals surface area contributed by atoms with Crippen molar-refractivity contribution in [2.24, 2.45) is 0 Å². The Kier molecular flexibility index (Phi) is 12.1. The lowest BCUT2D eigenvalue weighted by Gasteiger charge is -2.17. The van der Waals surface area contributed by atoms with Crippen LogP contribution in [0.1, 0.15) is 45.4 Å². The molecule has 0 aromatic carbocycles. The van der Waals surface area contributed by atoms with Crippen molar-refractivity contribution in [3.05, 3.63) is 0 Å². The van der Waals surface area contributed by atoms with Crippen LogP contribution in [0, 0.1) is 22.7 Å². The Balaban J connectivity index is 3.69. The molecule has 0 aromatic heterocycles. The molecule has 96 valence electrons. The van der Waals surface area contributed by atoms with Gasteiger partial charge in [0, 0.05) is 0 Å². The van der Waals surface area contributed by atoms with Crippen LogP contribution in [0.2, 0.25) is 0 Å². The Morgan fingerprint density at radius 1 is 1.06 bits per heavy atom. The quantitative estimate of drug-likeness (QED) is 0.519. The van der Waals surface area contributed by atoms with Crippen molar-refractivity contribution >= 4 is 0 Å². The van der Waals surface area contributed by atoms with Crippen molar-refractivity contribution in [1.82, 2.24) is 0 Å². The van der Waals surface area contributed by atoms with E-state index in [1.807, 2.05) is 6.07 Å². The first kappa shape index (κ1) is 15.9. The molecule has 0 aliphatic rings. The van der Waals surface area contributed by atoms with Crippen LogP contribution in [0.4, 0.5) is 0 Å². The highest BCUT2D eigenvalue weighted by atomic mass is 16.5. The fourth-order valence-electron chi connectivity index (χ4n) is 1.44. The van der Waals surface area contributed by atoms with Gasteiger partial charge in [0.1, 0.15) is 0 Å². The number of rotatable bonds is 11. The van der Waals surface area contributed by atoms with Crippen LogP contribution < -0.4 is 0 Å². The molecular weight excluding hydrogens is 216 g/mol. The van der Waals surface area contributed by atoms with Crippen molar-refractivity contribution in [3.8, 4) is 12.1 Å². The Morgan fingerprint density at radius 2 is 1.76 bits per heavy atom. The standard InChI is InChI=1S/C13H22N2O2/c1-2-3-4-7-13(17-11-6-9-15)12-16-10-5-8-14/h13H,2-7,10-12H2,1H3. The average molecular weight is 238 g/mol. The molecule has 17 heavy (non-hydrogen) atoms. The van der Waals surface area contributed by atoms with Gasteiger partial charge in [-0.2, -0.15) is 10.5 Å². The fourth-order valence-corrected chi connectivity index (χ4v) is 1.44. The van der Waals surface area contributed by atoms with E-state index in [9.17, 15) is 0 Å². The van der Waals surface area contributed by atoms with Crippen molar-refractivity contribution < 1.29 is 9.47 Å². The van der Waals surface area contributed by atoms with E-state index < -0.39 is 0 Å². The molecule has 0 saturated carbocycles. The minimum absolute atomic E-state index is 0.0635.